The van der Waals surface area contributed by atoms with E-state index in [0.717, 1.165) is 24.4 Å². The third kappa shape index (κ3) is 3.14. The number of hydrogen-bond donors (Lipinski definition) is 0. The number of halogens is 1. The number of rotatable bonds is 4. The predicted octanol–water partition coefficient (Wildman–Crippen LogP) is 3.77. The molecule has 2 heteroatoms. The Hall–Kier alpha value is -1.21. The van der Waals surface area contributed by atoms with Gasteiger partial charge in [0.15, 0.2) is 0 Å². The van der Waals surface area contributed by atoms with Crippen LogP contribution in [0.5, 0.6) is 0 Å². The second-order valence-electron chi connectivity index (χ2n) is 3.65. The summed E-state index contributed by atoms with van der Waals surface area (Å²) in [6, 6.07) is 12.2. The molecule has 0 aliphatic rings. The molecular weight excluding hydrogens is 206 g/mol. The van der Waals surface area contributed by atoms with Crippen LogP contribution in [0.4, 0.5) is 0 Å². The lowest BCUT2D eigenvalue weighted by atomic mass is 10.1. The predicted molar refractivity (Wildman–Crippen MR) is 64.2 cm³/mol. The average Bonchev–Trinajstić information content (AvgIpc) is 2.74. The highest BCUT2D eigenvalue weighted by Crippen LogP contribution is 2.11. The molecule has 1 nitrogen and oxygen atoms in total. The van der Waals surface area contributed by atoms with Crippen LogP contribution in [-0.2, 0) is 13.0 Å². The van der Waals surface area contributed by atoms with Crippen LogP contribution in [0, 0.1) is 0 Å². The Bertz CT molecular complexity index is 389. The van der Waals surface area contributed by atoms with Gasteiger partial charge < -0.3 is 4.57 Å². The molecule has 0 radical (unpaired) electrons. The molecule has 0 aliphatic heterocycles. The van der Waals surface area contributed by atoms with E-state index in [1.165, 1.54) is 5.56 Å². The molecule has 2 rings (SSSR count). The number of benzene rings is 1. The van der Waals surface area contributed by atoms with E-state index in [4.69, 9.17) is 11.6 Å². The zero-order valence-corrected chi connectivity index (χ0v) is 9.32. The second-order valence-corrected chi connectivity index (χ2v) is 4.09. The van der Waals surface area contributed by atoms with Crippen molar-refractivity contribution in [2.24, 2.45) is 0 Å². The van der Waals surface area contributed by atoms with Gasteiger partial charge in [0, 0.05) is 24.0 Å². The van der Waals surface area contributed by atoms with Crippen LogP contribution in [0.1, 0.15) is 12.0 Å². The highest BCUT2D eigenvalue weighted by molar-refractivity contribution is 6.30. The van der Waals surface area contributed by atoms with E-state index in [0.29, 0.717) is 0 Å². The van der Waals surface area contributed by atoms with Crippen molar-refractivity contribution in [1.29, 1.82) is 0 Å². The van der Waals surface area contributed by atoms with Crippen molar-refractivity contribution >= 4 is 11.6 Å². The van der Waals surface area contributed by atoms with Crippen LogP contribution in [0.25, 0.3) is 0 Å². The average molecular weight is 220 g/mol. The first-order valence-electron chi connectivity index (χ1n) is 5.20. The minimum absolute atomic E-state index is 0.809. The molecular formula is C13H14ClN. The topological polar surface area (TPSA) is 4.93 Å². The summed E-state index contributed by atoms with van der Waals surface area (Å²) in [7, 11) is 0. The third-order valence-electron chi connectivity index (χ3n) is 2.46. The molecule has 1 aromatic heterocycles. The summed E-state index contributed by atoms with van der Waals surface area (Å²) in [5.74, 6) is 0. The fraction of sp³-hybridized carbons (Fsp3) is 0.231. The molecule has 78 valence electrons. The largest absolute Gasteiger partial charge is 0.354 e. The van der Waals surface area contributed by atoms with Gasteiger partial charge in [-0.3, -0.25) is 0 Å². The SMILES string of the molecule is Clc1ccc(CCCn2cccc2)cc1. The number of nitrogens with zero attached hydrogens (tertiary/aromatic N) is 1. The van der Waals surface area contributed by atoms with Gasteiger partial charge in [-0.15, -0.1) is 0 Å². The molecule has 15 heavy (non-hydrogen) atoms. The van der Waals surface area contributed by atoms with Crippen molar-refractivity contribution < 1.29 is 0 Å². The quantitative estimate of drug-likeness (QED) is 0.738. The van der Waals surface area contributed by atoms with Gasteiger partial charge in [-0.05, 0) is 42.7 Å². The Kier molecular flexibility index (Phi) is 3.46. The first-order chi connectivity index (χ1) is 7.34. The Balaban J connectivity index is 1.81. The first-order valence-corrected chi connectivity index (χ1v) is 5.57. The van der Waals surface area contributed by atoms with E-state index in [1.54, 1.807) is 0 Å². The van der Waals surface area contributed by atoms with Crippen LogP contribution >= 0.6 is 11.6 Å². The smallest absolute Gasteiger partial charge is 0.0406 e. The van der Waals surface area contributed by atoms with Gasteiger partial charge >= 0.3 is 0 Å². The second kappa shape index (κ2) is 5.04. The Morgan fingerprint density at radius 3 is 2.33 bits per heavy atom. The summed E-state index contributed by atoms with van der Waals surface area (Å²) in [6.07, 6.45) is 6.47. The summed E-state index contributed by atoms with van der Waals surface area (Å²) in [6.45, 7) is 1.08. The van der Waals surface area contributed by atoms with Crippen molar-refractivity contribution in [2.75, 3.05) is 0 Å². The van der Waals surface area contributed by atoms with Crippen molar-refractivity contribution in [2.45, 2.75) is 19.4 Å². The van der Waals surface area contributed by atoms with Crippen LogP contribution in [0.3, 0.4) is 0 Å². The van der Waals surface area contributed by atoms with Crippen molar-refractivity contribution in [1.82, 2.24) is 4.57 Å². The number of aromatic nitrogens is 1. The number of hydrogen-bond acceptors (Lipinski definition) is 0. The van der Waals surface area contributed by atoms with Crippen molar-refractivity contribution in [3.63, 3.8) is 0 Å². The maximum absolute atomic E-state index is 5.82. The normalized spacial score (nSPS) is 10.5. The van der Waals surface area contributed by atoms with Crippen molar-refractivity contribution in [3.8, 4) is 0 Å². The molecule has 0 fully saturated rings. The van der Waals surface area contributed by atoms with Crippen LogP contribution in [0.2, 0.25) is 5.02 Å². The molecule has 0 saturated carbocycles. The lowest BCUT2D eigenvalue weighted by Gasteiger charge is -2.03. The standard InChI is InChI=1S/C13H14ClN/c14-13-7-5-12(6-8-13)4-3-11-15-9-1-2-10-15/h1-2,5-10H,3-4,11H2. The van der Waals surface area contributed by atoms with E-state index in [1.807, 2.05) is 12.1 Å². The maximum atomic E-state index is 5.82. The summed E-state index contributed by atoms with van der Waals surface area (Å²) in [4.78, 5) is 0. The molecule has 0 amide bonds. The zero-order chi connectivity index (χ0) is 10.5. The molecule has 0 N–H and O–H groups in total. The highest BCUT2D eigenvalue weighted by atomic mass is 35.5. The number of aryl methyl sites for hydroxylation is 2. The van der Waals surface area contributed by atoms with Crippen LogP contribution < -0.4 is 0 Å². The Morgan fingerprint density at radius 2 is 1.67 bits per heavy atom. The highest BCUT2D eigenvalue weighted by Gasteiger charge is 1.94. The Morgan fingerprint density at radius 1 is 1.00 bits per heavy atom. The summed E-state index contributed by atoms with van der Waals surface area (Å²) in [5, 5.41) is 0.809. The monoisotopic (exact) mass is 219 g/mol. The zero-order valence-electron chi connectivity index (χ0n) is 8.57. The van der Waals surface area contributed by atoms with Gasteiger partial charge in [0.05, 0.1) is 0 Å². The first kappa shape index (κ1) is 10.3. The Labute approximate surface area is 95.3 Å². The van der Waals surface area contributed by atoms with Crippen molar-refractivity contribution in [3.05, 3.63) is 59.4 Å². The van der Waals surface area contributed by atoms with Gasteiger partial charge in [0.2, 0.25) is 0 Å². The molecule has 1 aromatic carbocycles. The van der Waals surface area contributed by atoms with E-state index >= 15 is 0 Å². The maximum Gasteiger partial charge on any atom is 0.0406 e. The van der Waals surface area contributed by atoms with Gasteiger partial charge in [0.1, 0.15) is 0 Å². The summed E-state index contributed by atoms with van der Waals surface area (Å²) in [5.41, 5.74) is 1.35. The lowest BCUT2D eigenvalue weighted by molar-refractivity contribution is 0.646. The van der Waals surface area contributed by atoms with E-state index in [2.05, 4.69) is 41.2 Å². The molecule has 1 heterocycles. The van der Waals surface area contributed by atoms with Gasteiger partial charge in [-0.25, -0.2) is 0 Å². The molecule has 2 aromatic rings. The van der Waals surface area contributed by atoms with E-state index in [-0.39, 0.29) is 0 Å². The molecule has 0 unspecified atom stereocenters. The molecule has 0 spiro atoms. The third-order valence-corrected chi connectivity index (χ3v) is 2.71. The summed E-state index contributed by atoms with van der Waals surface area (Å²) >= 11 is 5.82. The van der Waals surface area contributed by atoms with Gasteiger partial charge in [-0.2, -0.15) is 0 Å². The van der Waals surface area contributed by atoms with Gasteiger partial charge in [0.25, 0.3) is 0 Å². The van der Waals surface area contributed by atoms with E-state index < -0.39 is 0 Å². The minimum atomic E-state index is 0.809. The lowest BCUT2D eigenvalue weighted by Crippen LogP contribution is -1.96. The molecule has 0 aliphatic carbocycles. The molecule has 0 atom stereocenters. The van der Waals surface area contributed by atoms with Gasteiger partial charge in [-0.1, -0.05) is 23.7 Å². The van der Waals surface area contributed by atoms with Crippen LogP contribution in [-0.4, -0.2) is 4.57 Å². The fourth-order valence-electron chi connectivity index (χ4n) is 1.64. The fourth-order valence-corrected chi connectivity index (χ4v) is 1.76. The molecule has 0 bridgehead atoms. The van der Waals surface area contributed by atoms with Crippen LogP contribution in [0.15, 0.2) is 48.8 Å². The summed E-state index contributed by atoms with van der Waals surface area (Å²) < 4.78 is 2.20. The molecule has 0 saturated heterocycles. The van der Waals surface area contributed by atoms with E-state index in [9.17, 15) is 0 Å². The minimum Gasteiger partial charge on any atom is -0.354 e.